The van der Waals surface area contributed by atoms with Crippen LogP contribution >= 0.6 is 0 Å². The number of nitrogens with two attached hydrogens (primary N) is 1. The van der Waals surface area contributed by atoms with Crippen LogP contribution in [0.2, 0.25) is 0 Å². The molecule has 4 aliphatic rings. The van der Waals surface area contributed by atoms with Gasteiger partial charge in [-0.25, -0.2) is 0 Å². The molecular formula is C23H40N4O4. The summed E-state index contributed by atoms with van der Waals surface area (Å²) in [6.45, 7) is 5.02. The number of aliphatic hydroxyl groups excluding tert-OH is 1. The number of hydrogen-bond donors (Lipinski definition) is 6. The van der Waals surface area contributed by atoms with Crippen molar-refractivity contribution in [2.24, 2.45) is 39.5 Å². The summed E-state index contributed by atoms with van der Waals surface area (Å²) in [4.78, 5) is 5.26. The van der Waals surface area contributed by atoms with Crippen molar-refractivity contribution in [3.8, 4) is 0 Å². The minimum absolute atomic E-state index is 0.118. The Balaban J connectivity index is 1.50. The Morgan fingerprint density at radius 3 is 2.65 bits per heavy atom. The number of nitrogens with one attached hydrogen (secondary N) is 2. The molecule has 0 radical (unpaired) electrons. The molecule has 176 valence electrons. The molecule has 0 heterocycles. The maximum Gasteiger partial charge on any atom is 0.185 e. The van der Waals surface area contributed by atoms with Crippen molar-refractivity contribution in [2.75, 3.05) is 13.2 Å². The van der Waals surface area contributed by atoms with Crippen LogP contribution in [-0.4, -0.2) is 58.0 Å². The highest BCUT2D eigenvalue weighted by molar-refractivity contribution is 5.74. The minimum atomic E-state index is -1.21. The smallest absolute Gasteiger partial charge is 0.185 e. The monoisotopic (exact) mass is 436 g/mol. The maximum absolute atomic E-state index is 12.1. The average Bonchev–Trinajstić information content (AvgIpc) is 2.92. The summed E-state index contributed by atoms with van der Waals surface area (Å²) in [5.41, 5.74) is 2.62. The van der Waals surface area contributed by atoms with Crippen molar-refractivity contribution in [2.45, 2.75) is 88.9 Å². The van der Waals surface area contributed by atoms with E-state index in [1.807, 2.05) is 6.92 Å². The van der Waals surface area contributed by atoms with Crippen LogP contribution in [0.25, 0.3) is 0 Å². The van der Waals surface area contributed by atoms with Gasteiger partial charge in [0.25, 0.3) is 0 Å². The molecule has 0 aromatic carbocycles. The van der Waals surface area contributed by atoms with Crippen molar-refractivity contribution in [1.82, 2.24) is 5.32 Å². The summed E-state index contributed by atoms with van der Waals surface area (Å²) in [5.74, 6) is 1.02. The van der Waals surface area contributed by atoms with Crippen molar-refractivity contribution in [1.29, 1.82) is 5.41 Å². The number of aliphatic hydroxyl groups is 3. The molecule has 0 aromatic rings. The number of rotatable bonds is 5. The molecule has 3 unspecified atom stereocenters. The van der Waals surface area contributed by atoms with Crippen LogP contribution in [-0.2, 0) is 4.84 Å². The fourth-order valence-electron chi connectivity index (χ4n) is 7.87. The van der Waals surface area contributed by atoms with E-state index in [9.17, 15) is 15.3 Å². The molecule has 4 aliphatic carbocycles. The molecule has 7 N–H and O–H groups in total. The third-order valence-corrected chi connectivity index (χ3v) is 9.88. The molecule has 0 saturated heterocycles. The molecule has 4 fully saturated rings. The number of nitrogens with zero attached hydrogens (tertiary/aromatic N) is 1. The second-order valence-electron chi connectivity index (χ2n) is 11.0. The van der Waals surface area contributed by atoms with Crippen molar-refractivity contribution < 1.29 is 20.2 Å². The largest absolute Gasteiger partial charge is 0.394 e. The van der Waals surface area contributed by atoms with Gasteiger partial charge in [0.2, 0.25) is 0 Å². The van der Waals surface area contributed by atoms with Gasteiger partial charge in [0, 0.05) is 5.41 Å². The number of hydrogen-bond acceptors (Lipinski definition) is 6. The van der Waals surface area contributed by atoms with E-state index >= 15 is 0 Å². The van der Waals surface area contributed by atoms with E-state index in [-0.39, 0.29) is 30.0 Å². The molecule has 0 spiro atoms. The molecule has 4 rings (SSSR count). The van der Waals surface area contributed by atoms with Gasteiger partial charge in [0.05, 0.1) is 24.5 Å². The quantitative estimate of drug-likeness (QED) is 0.168. The molecule has 4 saturated carbocycles. The third-order valence-electron chi connectivity index (χ3n) is 9.88. The van der Waals surface area contributed by atoms with Gasteiger partial charge in [-0.15, -0.1) is 0 Å². The molecule has 8 nitrogen and oxygen atoms in total. The third kappa shape index (κ3) is 3.45. The van der Waals surface area contributed by atoms with Gasteiger partial charge < -0.3 is 31.2 Å². The fraction of sp³-hybridized carbons (Fsp3) is 0.913. The molecule has 0 bridgehead atoms. The first-order chi connectivity index (χ1) is 14.6. The zero-order valence-electron chi connectivity index (χ0n) is 18.9. The van der Waals surface area contributed by atoms with Crippen LogP contribution in [0.4, 0.5) is 0 Å². The second kappa shape index (κ2) is 7.89. The number of fused-ring (bicyclic) bond motifs is 5. The zero-order chi connectivity index (χ0) is 22.5. The van der Waals surface area contributed by atoms with Crippen molar-refractivity contribution in [3.63, 3.8) is 0 Å². The van der Waals surface area contributed by atoms with E-state index < -0.39 is 16.6 Å². The predicted molar refractivity (Wildman–Crippen MR) is 119 cm³/mol. The summed E-state index contributed by atoms with van der Waals surface area (Å²) in [6.07, 6.45) is 8.89. The summed E-state index contributed by atoms with van der Waals surface area (Å²) in [7, 11) is 0. The van der Waals surface area contributed by atoms with Gasteiger partial charge in [-0.3, -0.25) is 5.41 Å². The van der Waals surface area contributed by atoms with Gasteiger partial charge in [-0.1, -0.05) is 19.0 Å². The van der Waals surface area contributed by atoms with E-state index in [2.05, 4.69) is 17.4 Å². The summed E-state index contributed by atoms with van der Waals surface area (Å²) in [6, 6.07) is 0. The van der Waals surface area contributed by atoms with Crippen LogP contribution in [0.5, 0.6) is 0 Å². The lowest BCUT2D eigenvalue weighted by atomic mass is 9.43. The van der Waals surface area contributed by atoms with Crippen LogP contribution in [0.1, 0.15) is 71.6 Å². The second-order valence-corrected chi connectivity index (χ2v) is 11.0. The standard InChI is InChI=1S/C23H40N4O4/c1-20-7-5-16(28)13-15(20)3-4-18-17(20)6-8-21(2)22(29,9-10-23(18,21)30)14-27-31-12-11-26-19(24)25/h14-18,28-30H,3-13H2,1-2H3,(H4,24,25,26)/b27-14+/t15?,16?,17-,18-,20+,21-,22?,23-/m1/s1. The van der Waals surface area contributed by atoms with Crippen LogP contribution in [0, 0.1) is 34.0 Å². The van der Waals surface area contributed by atoms with Gasteiger partial charge in [-0.05, 0) is 81.0 Å². The Morgan fingerprint density at radius 2 is 1.90 bits per heavy atom. The zero-order valence-corrected chi connectivity index (χ0v) is 18.9. The van der Waals surface area contributed by atoms with Crippen LogP contribution in [0.15, 0.2) is 5.16 Å². The molecular weight excluding hydrogens is 396 g/mol. The lowest BCUT2D eigenvalue weighted by Gasteiger charge is -2.64. The lowest BCUT2D eigenvalue weighted by Crippen LogP contribution is -2.65. The van der Waals surface area contributed by atoms with Gasteiger partial charge >= 0.3 is 0 Å². The molecule has 0 amide bonds. The van der Waals surface area contributed by atoms with Crippen LogP contribution < -0.4 is 11.1 Å². The SMILES string of the molecule is C[C@]12CCC(O)CC1CC[C@@H]1[C@H]2CC[C@]2(C)C(O)(/C=N/OCCNC(=N)N)CC[C@@]12O. The average molecular weight is 437 g/mol. The first-order valence-electron chi connectivity index (χ1n) is 11.9. The number of guanidine groups is 1. The van der Waals surface area contributed by atoms with Crippen molar-refractivity contribution in [3.05, 3.63) is 0 Å². The highest BCUT2D eigenvalue weighted by atomic mass is 16.6. The highest BCUT2D eigenvalue weighted by Crippen LogP contribution is 2.69. The normalized spacial score (nSPS) is 49.2. The molecule has 8 atom stereocenters. The van der Waals surface area contributed by atoms with Gasteiger partial charge in [-0.2, -0.15) is 0 Å². The Hall–Kier alpha value is -1.38. The van der Waals surface area contributed by atoms with E-state index in [1.54, 1.807) is 0 Å². The van der Waals surface area contributed by atoms with E-state index in [0.29, 0.717) is 31.2 Å². The molecule has 8 heteroatoms. The maximum atomic E-state index is 12.1. The Morgan fingerprint density at radius 1 is 1.13 bits per heavy atom. The van der Waals surface area contributed by atoms with E-state index in [4.69, 9.17) is 16.0 Å². The Kier molecular flexibility index (Phi) is 5.80. The minimum Gasteiger partial charge on any atom is -0.394 e. The van der Waals surface area contributed by atoms with Crippen LogP contribution in [0.3, 0.4) is 0 Å². The van der Waals surface area contributed by atoms with Gasteiger partial charge in [0.1, 0.15) is 12.2 Å². The lowest BCUT2D eigenvalue weighted by molar-refractivity contribution is -0.224. The molecule has 0 aromatic heterocycles. The number of oxime groups is 1. The van der Waals surface area contributed by atoms with E-state index in [0.717, 1.165) is 44.9 Å². The molecule has 31 heavy (non-hydrogen) atoms. The van der Waals surface area contributed by atoms with Gasteiger partial charge in [0.15, 0.2) is 5.96 Å². The highest BCUT2D eigenvalue weighted by Gasteiger charge is 2.71. The summed E-state index contributed by atoms with van der Waals surface area (Å²) in [5, 5.41) is 47.7. The topological polar surface area (TPSA) is 144 Å². The van der Waals surface area contributed by atoms with E-state index in [1.165, 1.54) is 6.21 Å². The predicted octanol–water partition coefficient (Wildman–Crippen LogP) is 1.72. The van der Waals surface area contributed by atoms with Crippen molar-refractivity contribution >= 4 is 12.2 Å². The molecule has 0 aliphatic heterocycles. The fourth-order valence-corrected chi connectivity index (χ4v) is 7.87. The Bertz CT molecular complexity index is 734. The summed E-state index contributed by atoms with van der Waals surface area (Å²) < 4.78 is 0. The first kappa shape index (κ1) is 22.8. The Labute approximate surface area is 185 Å². The summed E-state index contributed by atoms with van der Waals surface area (Å²) >= 11 is 0. The first-order valence-corrected chi connectivity index (χ1v) is 11.9.